The van der Waals surface area contributed by atoms with Crippen molar-refractivity contribution in [3.05, 3.63) is 29.7 Å². The van der Waals surface area contributed by atoms with Crippen molar-refractivity contribution in [1.82, 2.24) is 30.4 Å². The van der Waals surface area contributed by atoms with Crippen LogP contribution in [0.2, 0.25) is 0 Å². The molecule has 0 aromatic carbocycles. The van der Waals surface area contributed by atoms with Crippen LogP contribution in [0.15, 0.2) is 18.3 Å². The Balaban J connectivity index is 0.00000497. The van der Waals surface area contributed by atoms with Crippen LogP contribution in [-0.4, -0.2) is 91.4 Å². The van der Waals surface area contributed by atoms with Crippen LogP contribution in [-0.2, 0) is 9.59 Å². The largest absolute Gasteiger partial charge is 0.369 e. The number of hydrogen-bond donors (Lipinski definition) is 3. The summed E-state index contributed by atoms with van der Waals surface area (Å²) in [5, 5.41) is 8.70. The number of aryl methyl sites for hydroxylation is 1. The molecular weight excluding hydrogens is 422 g/mol. The molecule has 1 heterocycles. The van der Waals surface area contributed by atoms with Crippen LogP contribution in [0, 0.1) is 19.8 Å². The highest BCUT2D eigenvalue weighted by molar-refractivity contribution is 5.98. The van der Waals surface area contributed by atoms with Gasteiger partial charge in [-0.05, 0) is 33.9 Å². The number of nitrogens with zero attached hydrogens (tertiary/aromatic N) is 4. The van der Waals surface area contributed by atoms with Crippen LogP contribution in [0.4, 0.5) is 5.82 Å². The van der Waals surface area contributed by atoms with Crippen molar-refractivity contribution in [2.45, 2.75) is 26.7 Å². The van der Waals surface area contributed by atoms with Crippen LogP contribution < -0.4 is 16.0 Å². The number of anilines is 1. The van der Waals surface area contributed by atoms with Gasteiger partial charge in [-0.3, -0.25) is 14.4 Å². The lowest BCUT2D eigenvalue weighted by Crippen LogP contribution is -2.38. The molecule has 182 valence electrons. The number of terminal acetylenes is 1. The van der Waals surface area contributed by atoms with E-state index in [2.05, 4.69) is 38.8 Å². The van der Waals surface area contributed by atoms with Gasteiger partial charge in [0.05, 0.1) is 6.54 Å². The minimum atomic E-state index is -0.264. The molecule has 0 atom stereocenters. The Bertz CT molecular complexity index is 806. The third-order valence-electron chi connectivity index (χ3n) is 4.15. The number of nitrogens with one attached hydrogen (secondary N) is 3. The van der Waals surface area contributed by atoms with E-state index < -0.39 is 0 Å². The van der Waals surface area contributed by atoms with Gasteiger partial charge in [0.25, 0.3) is 5.91 Å². The molecule has 0 saturated heterocycles. The predicted molar refractivity (Wildman–Crippen MR) is 131 cm³/mol. The first-order chi connectivity index (χ1) is 15.7. The standard InChI is InChI=1S/C21H35N7O3.C2H2/c1-6-10-23-20-17(14-25-16(2)26-20)21(31)24-12-8-11-22-18(29)15-28(5)19(30)9-7-13-27(3)4;1-2/h7,9,14H,6,8,10-13,15H2,1-5H3,(H,22,29)(H,24,31)(H,23,25,26);1-2H/b9-7+;. The van der Waals surface area contributed by atoms with Crippen LogP contribution in [0.3, 0.4) is 0 Å². The van der Waals surface area contributed by atoms with E-state index in [0.717, 1.165) is 6.42 Å². The maximum Gasteiger partial charge on any atom is 0.256 e. The third-order valence-corrected chi connectivity index (χ3v) is 4.15. The fraction of sp³-hybridized carbons (Fsp3) is 0.522. The first kappa shape index (κ1) is 29.5. The van der Waals surface area contributed by atoms with E-state index in [1.807, 2.05) is 25.9 Å². The Morgan fingerprint density at radius 2 is 1.76 bits per heavy atom. The van der Waals surface area contributed by atoms with Gasteiger partial charge in [-0.2, -0.15) is 0 Å². The molecule has 0 radical (unpaired) electrons. The van der Waals surface area contributed by atoms with Crippen molar-refractivity contribution in [3.8, 4) is 12.8 Å². The summed E-state index contributed by atoms with van der Waals surface area (Å²) in [6.45, 7) is 5.93. The van der Waals surface area contributed by atoms with Gasteiger partial charge in [0, 0.05) is 45.5 Å². The molecule has 0 aliphatic rings. The Hall–Kier alpha value is -3.45. The molecule has 0 spiro atoms. The van der Waals surface area contributed by atoms with Gasteiger partial charge in [-0.25, -0.2) is 9.97 Å². The topological polar surface area (TPSA) is 120 Å². The highest BCUT2D eigenvalue weighted by atomic mass is 16.2. The van der Waals surface area contributed by atoms with Gasteiger partial charge in [-0.15, -0.1) is 12.8 Å². The Labute approximate surface area is 197 Å². The van der Waals surface area contributed by atoms with Crippen molar-refractivity contribution < 1.29 is 14.4 Å². The van der Waals surface area contributed by atoms with Crippen LogP contribution >= 0.6 is 0 Å². The second-order valence-corrected chi connectivity index (χ2v) is 7.42. The summed E-state index contributed by atoms with van der Waals surface area (Å²) in [5.74, 6) is 0.375. The molecule has 1 aromatic heterocycles. The monoisotopic (exact) mass is 459 g/mol. The molecule has 10 heteroatoms. The Morgan fingerprint density at radius 1 is 1.09 bits per heavy atom. The molecule has 33 heavy (non-hydrogen) atoms. The van der Waals surface area contributed by atoms with Crippen molar-refractivity contribution in [3.63, 3.8) is 0 Å². The molecule has 3 N–H and O–H groups in total. The van der Waals surface area contributed by atoms with Gasteiger partial charge >= 0.3 is 0 Å². The molecule has 10 nitrogen and oxygen atoms in total. The second kappa shape index (κ2) is 17.1. The van der Waals surface area contributed by atoms with Gasteiger partial charge in [0.2, 0.25) is 11.8 Å². The van der Waals surface area contributed by atoms with E-state index in [-0.39, 0.29) is 24.3 Å². The lowest BCUT2D eigenvalue weighted by Gasteiger charge is -2.15. The molecule has 0 saturated carbocycles. The lowest BCUT2D eigenvalue weighted by atomic mass is 10.2. The second-order valence-electron chi connectivity index (χ2n) is 7.42. The molecule has 1 rings (SSSR count). The van der Waals surface area contributed by atoms with Gasteiger partial charge in [0.15, 0.2) is 0 Å². The molecule has 0 unspecified atom stereocenters. The first-order valence-electron chi connectivity index (χ1n) is 10.8. The van der Waals surface area contributed by atoms with E-state index in [4.69, 9.17) is 0 Å². The quantitative estimate of drug-likeness (QED) is 0.225. The molecule has 0 aliphatic heterocycles. The lowest BCUT2D eigenvalue weighted by molar-refractivity contribution is -0.131. The zero-order valence-electron chi connectivity index (χ0n) is 20.4. The molecule has 0 bridgehead atoms. The summed E-state index contributed by atoms with van der Waals surface area (Å²) in [6, 6.07) is 0. The molecular formula is C23H37N7O3. The zero-order chi connectivity index (χ0) is 25.2. The number of rotatable bonds is 13. The van der Waals surface area contributed by atoms with Crippen molar-refractivity contribution in [2.75, 3.05) is 59.2 Å². The smallest absolute Gasteiger partial charge is 0.256 e. The van der Waals surface area contributed by atoms with Crippen molar-refractivity contribution in [1.29, 1.82) is 0 Å². The summed E-state index contributed by atoms with van der Waals surface area (Å²) in [4.78, 5) is 48.0. The summed E-state index contributed by atoms with van der Waals surface area (Å²) < 4.78 is 0. The first-order valence-corrected chi connectivity index (χ1v) is 10.8. The zero-order valence-corrected chi connectivity index (χ0v) is 20.4. The average molecular weight is 460 g/mol. The summed E-state index contributed by atoms with van der Waals surface area (Å²) in [5.41, 5.74) is 0.394. The molecule has 0 fully saturated rings. The summed E-state index contributed by atoms with van der Waals surface area (Å²) >= 11 is 0. The van der Waals surface area contributed by atoms with Gasteiger partial charge in [-0.1, -0.05) is 13.0 Å². The highest BCUT2D eigenvalue weighted by Crippen LogP contribution is 2.11. The third kappa shape index (κ3) is 12.9. The van der Waals surface area contributed by atoms with E-state index in [9.17, 15) is 14.4 Å². The van der Waals surface area contributed by atoms with E-state index in [1.165, 1.54) is 17.2 Å². The minimum Gasteiger partial charge on any atom is -0.369 e. The van der Waals surface area contributed by atoms with Crippen molar-refractivity contribution >= 4 is 23.5 Å². The van der Waals surface area contributed by atoms with E-state index in [0.29, 0.717) is 49.8 Å². The SMILES string of the molecule is C#C.CCCNc1nc(C)ncc1C(=O)NCCCNC(=O)CN(C)C(=O)/C=C/CN(C)C. The fourth-order valence-corrected chi connectivity index (χ4v) is 2.47. The maximum atomic E-state index is 12.4. The Kier molecular flexibility index (Phi) is 15.4. The normalized spacial score (nSPS) is 10.3. The van der Waals surface area contributed by atoms with Crippen LogP contribution in [0.5, 0.6) is 0 Å². The molecule has 3 amide bonds. The Morgan fingerprint density at radius 3 is 2.39 bits per heavy atom. The number of carbonyl (C=O) groups excluding carboxylic acids is 3. The fourth-order valence-electron chi connectivity index (χ4n) is 2.47. The number of aromatic nitrogens is 2. The number of likely N-dealkylation sites (N-methyl/N-ethyl adjacent to an activating group) is 2. The van der Waals surface area contributed by atoms with Crippen molar-refractivity contribution in [2.24, 2.45) is 0 Å². The highest BCUT2D eigenvalue weighted by Gasteiger charge is 2.14. The molecule has 0 aliphatic carbocycles. The van der Waals surface area contributed by atoms with Crippen LogP contribution in [0.25, 0.3) is 0 Å². The predicted octanol–water partition coefficient (Wildman–Crippen LogP) is 0.669. The van der Waals surface area contributed by atoms with Crippen LogP contribution in [0.1, 0.15) is 35.9 Å². The number of hydrogen-bond acceptors (Lipinski definition) is 7. The van der Waals surface area contributed by atoms with Gasteiger partial charge < -0.3 is 25.8 Å². The van der Waals surface area contributed by atoms with Gasteiger partial charge in [0.1, 0.15) is 17.2 Å². The average Bonchev–Trinajstić information content (AvgIpc) is 2.78. The summed E-state index contributed by atoms with van der Waals surface area (Å²) in [6.07, 6.45) is 14.2. The summed E-state index contributed by atoms with van der Waals surface area (Å²) in [7, 11) is 5.40. The maximum absolute atomic E-state index is 12.4. The minimum absolute atomic E-state index is 0.0232. The van der Waals surface area contributed by atoms with E-state index >= 15 is 0 Å². The number of amides is 3. The van der Waals surface area contributed by atoms with E-state index in [1.54, 1.807) is 20.0 Å². The molecule has 1 aromatic rings. The number of carbonyl (C=O) groups is 3.